The second-order valence-electron chi connectivity index (χ2n) is 6.21. The summed E-state index contributed by atoms with van der Waals surface area (Å²) in [5.41, 5.74) is 3.20. The molecule has 1 amide bonds. The van der Waals surface area contributed by atoms with Crippen molar-refractivity contribution in [2.75, 3.05) is 25.2 Å². The van der Waals surface area contributed by atoms with Crippen LogP contribution in [0.4, 0.5) is 10.5 Å². The molecule has 1 aliphatic heterocycles. The molecule has 0 N–H and O–H groups in total. The molecule has 24 heavy (non-hydrogen) atoms. The van der Waals surface area contributed by atoms with Crippen LogP contribution in [0.1, 0.15) is 30.0 Å². The Morgan fingerprint density at radius 2 is 2.33 bits per heavy atom. The van der Waals surface area contributed by atoms with Crippen molar-refractivity contribution in [2.24, 2.45) is 5.92 Å². The number of rotatable bonds is 3. The summed E-state index contributed by atoms with van der Waals surface area (Å²) in [6.45, 7) is 3.25. The van der Waals surface area contributed by atoms with Gasteiger partial charge in [0.1, 0.15) is 0 Å². The molecule has 0 unspecified atom stereocenters. The molecular formula is C17H18N3O3Tl. The van der Waals surface area contributed by atoms with Crippen molar-refractivity contribution < 1.29 is 14.3 Å². The van der Waals surface area contributed by atoms with Gasteiger partial charge in [-0.1, -0.05) is 0 Å². The number of fused-ring (bicyclic) bond motifs is 3. The molecule has 0 radical (unpaired) electrons. The van der Waals surface area contributed by atoms with E-state index >= 15 is 0 Å². The molecule has 1 aromatic carbocycles. The molecule has 0 bridgehead atoms. The van der Waals surface area contributed by atoms with Crippen LogP contribution in [0.3, 0.4) is 0 Å². The number of carbonyl (C=O) groups excluding carboxylic acids is 1. The molecule has 1 fully saturated rings. The van der Waals surface area contributed by atoms with E-state index in [1.165, 1.54) is 12.7 Å². The summed E-state index contributed by atoms with van der Waals surface area (Å²) in [6.07, 6.45) is 3.73. The molecule has 2 heterocycles. The molecule has 4 rings (SSSR count). The van der Waals surface area contributed by atoms with Gasteiger partial charge >= 0.3 is 157 Å². The number of aromatic nitrogens is 2. The molecule has 1 aromatic heterocycles. The van der Waals surface area contributed by atoms with Gasteiger partial charge in [-0.05, 0) is 0 Å². The Hall–Kier alpha value is -1.58. The summed E-state index contributed by atoms with van der Waals surface area (Å²) in [4.78, 5) is 18.1. The van der Waals surface area contributed by atoms with Crippen LogP contribution in [0, 0.1) is 5.92 Å². The summed E-state index contributed by atoms with van der Waals surface area (Å²) in [5.74, 6) is 2.27. The van der Waals surface area contributed by atoms with E-state index in [9.17, 15) is 4.79 Å². The van der Waals surface area contributed by atoms with Gasteiger partial charge in [0.2, 0.25) is 0 Å². The number of amides is 1. The first-order valence-corrected chi connectivity index (χ1v) is 10.1. The fourth-order valence-electron chi connectivity index (χ4n) is 3.74. The standard InChI is InChI=1S/C17H18N3O3.Tl/c1-3-20(17(21)22-2)10-4-5-14-11(6-10)15-12(8-23-14)16(15)13-7-18-9-19-13;/h4-7,9,12,15-16H,3,8H2,1-2H3;/q-1;+1/t12-,15+,16-;/m0./s1. The molecule has 6 nitrogen and oxygen atoms in total. The third-order valence-electron chi connectivity index (χ3n) is 4.94. The van der Waals surface area contributed by atoms with Gasteiger partial charge in [-0.3, -0.25) is 0 Å². The average molecular weight is 517 g/mol. The Bertz CT molecular complexity index is 791. The minimum atomic E-state index is -0.339. The van der Waals surface area contributed by atoms with Gasteiger partial charge < -0.3 is 0 Å². The Morgan fingerprint density at radius 1 is 1.50 bits per heavy atom. The van der Waals surface area contributed by atoms with Gasteiger partial charge in [-0.15, -0.1) is 0 Å². The second-order valence-corrected chi connectivity index (χ2v) is 8.53. The number of methoxy groups -OCH3 is 1. The quantitative estimate of drug-likeness (QED) is 0.588. The molecule has 2 aliphatic rings. The molecule has 7 heteroatoms. The Morgan fingerprint density at radius 3 is 3.00 bits per heavy atom. The first-order chi connectivity index (χ1) is 11.6. The van der Waals surface area contributed by atoms with E-state index in [-0.39, 0.29) is 6.09 Å². The van der Waals surface area contributed by atoms with E-state index in [1.807, 2.05) is 25.4 Å². The van der Waals surface area contributed by atoms with Crippen LogP contribution >= 0.6 is 0 Å². The minimum absolute atomic E-state index is 0.339. The third kappa shape index (κ3) is 2.51. The van der Waals surface area contributed by atoms with E-state index in [0.29, 0.717) is 24.3 Å². The Kier molecular flexibility index (Phi) is 4.01. The van der Waals surface area contributed by atoms with Crippen LogP contribution in [-0.2, 0) is 4.74 Å². The third-order valence-corrected chi connectivity index (χ3v) is 6.04. The first-order valence-electron chi connectivity index (χ1n) is 8.05. The summed E-state index contributed by atoms with van der Waals surface area (Å²) in [5, 5.41) is 0. The van der Waals surface area contributed by atoms with E-state index < -0.39 is 0 Å². The normalized spacial score (nSPS) is 23.6. The fraction of sp³-hybridized carbons (Fsp3) is 0.412. The zero-order valence-electron chi connectivity index (χ0n) is 13.7. The number of hydrogen-bond acceptors (Lipinski definition) is 4. The van der Waals surface area contributed by atoms with Crippen molar-refractivity contribution in [2.45, 2.75) is 18.8 Å². The molecule has 1 saturated carbocycles. The Balaban J connectivity index is 1.67. The maximum atomic E-state index is 12.0. The van der Waals surface area contributed by atoms with Crippen LogP contribution in [0.15, 0.2) is 30.7 Å². The van der Waals surface area contributed by atoms with Crippen LogP contribution in [0.25, 0.3) is 0 Å². The van der Waals surface area contributed by atoms with Crippen molar-refractivity contribution in [3.8, 4) is 5.75 Å². The van der Waals surface area contributed by atoms with Gasteiger partial charge in [0, 0.05) is 0 Å². The summed E-state index contributed by atoms with van der Waals surface area (Å²) in [6, 6.07) is 5.96. The number of anilines is 1. The fourth-order valence-corrected chi connectivity index (χ4v) is 4.60. The molecule has 0 spiro atoms. The first kappa shape index (κ1) is 15.9. The molecule has 2 aromatic rings. The van der Waals surface area contributed by atoms with Gasteiger partial charge in [0.05, 0.1) is 0 Å². The van der Waals surface area contributed by atoms with Crippen LogP contribution < -0.4 is 9.64 Å². The van der Waals surface area contributed by atoms with E-state index in [1.54, 1.807) is 4.90 Å². The Labute approximate surface area is 156 Å². The SMILES string of the molecule is CCN(C(=O)OC)c1ccc2c(c1)[C@@H]1[C@H](CO2)[C@H]1c1c[n]([Tl])cn1. The summed E-state index contributed by atoms with van der Waals surface area (Å²) >= 11 is 0.741. The molecule has 122 valence electrons. The van der Waals surface area contributed by atoms with Crippen molar-refractivity contribution in [1.82, 2.24) is 7.36 Å². The zero-order valence-corrected chi connectivity index (χ0v) is 18.2. The van der Waals surface area contributed by atoms with Crippen molar-refractivity contribution in [3.05, 3.63) is 42.0 Å². The number of benzene rings is 1. The number of ether oxygens (including phenoxy) is 2. The molecule has 0 saturated heterocycles. The van der Waals surface area contributed by atoms with Gasteiger partial charge in [0.25, 0.3) is 0 Å². The summed E-state index contributed by atoms with van der Waals surface area (Å²) in [7, 11) is 1.41. The van der Waals surface area contributed by atoms with Crippen molar-refractivity contribution in [1.29, 1.82) is 0 Å². The average Bonchev–Trinajstić information content (AvgIpc) is 3.20. The van der Waals surface area contributed by atoms with Crippen LogP contribution in [0.2, 0.25) is 0 Å². The van der Waals surface area contributed by atoms with E-state index in [0.717, 1.165) is 49.8 Å². The van der Waals surface area contributed by atoms with Gasteiger partial charge in [-0.25, -0.2) is 0 Å². The number of nitrogens with zero attached hydrogens (tertiary/aromatic N) is 3. The molecule has 1 aliphatic carbocycles. The van der Waals surface area contributed by atoms with E-state index in [2.05, 4.69) is 19.6 Å². The maximum absolute atomic E-state index is 12.0. The summed E-state index contributed by atoms with van der Waals surface area (Å²) < 4.78 is 13.0. The van der Waals surface area contributed by atoms with Crippen LogP contribution in [-0.4, -0.2) is 59.8 Å². The zero-order chi connectivity index (χ0) is 16.8. The van der Waals surface area contributed by atoms with E-state index in [4.69, 9.17) is 9.47 Å². The molecular weight excluding hydrogens is 499 g/mol. The van der Waals surface area contributed by atoms with Crippen molar-refractivity contribution >= 4 is 37.8 Å². The number of carbonyl (C=O) groups is 1. The second kappa shape index (κ2) is 6.05. The number of imidazole rings is 1. The molecule has 3 atom stereocenters. The topological polar surface area (TPSA) is 56.6 Å². The predicted octanol–water partition coefficient (Wildman–Crippen LogP) is 2.30. The number of hydrogen-bond donors (Lipinski definition) is 0. The van der Waals surface area contributed by atoms with Crippen LogP contribution in [0.5, 0.6) is 5.75 Å². The predicted molar refractivity (Wildman–Crippen MR) is 89.7 cm³/mol. The van der Waals surface area contributed by atoms with Crippen molar-refractivity contribution in [3.63, 3.8) is 0 Å². The van der Waals surface area contributed by atoms with Gasteiger partial charge in [0.15, 0.2) is 0 Å². The van der Waals surface area contributed by atoms with Gasteiger partial charge in [-0.2, -0.15) is 0 Å². The monoisotopic (exact) mass is 517 g/mol.